The second kappa shape index (κ2) is 5.01. The van der Waals surface area contributed by atoms with Gasteiger partial charge in [-0.25, -0.2) is 0 Å². The summed E-state index contributed by atoms with van der Waals surface area (Å²) in [5, 5.41) is 10.8. The van der Waals surface area contributed by atoms with E-state index in [1.165, 1.54) is 0 Å². The van der Waals surface area contributed by atoms with Gasteiger partial charge in [0.15, 0.2) is 0 Å². The Morgan fingerprint density at radius 3 is 2.14 bits per heavy atom. The Kier molecular flexibility index (Phi) is 4.24. The molecule has 0 heterocycles. The summed E-state index contributed by atoms with van der Waals surface area (Å²) < 4.78 is 0. The van der Waals surface area contributed by atoms with E-state index in [0.29, 0.717) is 15.6 Å². The van der Waals surface area contributed by atoms with Crippen molar-refractivity contribution in [1.29, 1.82) is 0 Å². The fraction of sp³-hybridized carbons (Fsp3) is 0.364. The highest BCUT2D eigenvalue weighted by Gasteiger charge is 2.14. The zero-order valence-electron chi connectivity index (χ0n) is 8.17. The first-order valence-corrected chi connectivity index (χ1v) is 5.25. The van der Waals surface area contributed by atoms with E-state index in [9.17, 15) is 5.11 Å². The molecule has 0 aromatic heterocycles. The van der Waals surface area contributed by atoms with Crippen LogP contribution in [0, 0.1) is 12.3 Å². The summed E-state index contributed by atoms with van der Waals surface area (Å²) in [6.45, 7) is 3.87. The van der Waals surface area contributed by atoms with Crippen LogP contribution in [0.1, 0.15) is 19.4 Å². The zero-order valence-corrected chi connectivity index (χ0v) is 9.68. The van der Waals surface area contributed by atoms with Crippen molar-refractivity contribution in [2.45, 2.75) is 20.0 Å². The normalized spacial score (nSPS) is 13.3. The minimum absolute atomic E-state index is 0.155. The summed E-state index contributed by atoms with van der Waals surface area (Å²) in [7, 11) is 0. The van der Waals surface area contributed by atoms with Gasteiger partial charge in [-0.15, -0.1) is 0 Å². The number of benzene rings is 1. The Labute approximate surface area is 94.7 Å². The maximum Gasteiger partial charge on any atom is 0.0639 e. The molecule has 1 unspecified atom stereocenters. The van der Waals surface area contributed by atoms with Gasteiger partial charge in [0.2, 0.25) is 0 Å². The van der Waals surface area contributed by atoms with Crippen LogP contribution in [0.2, 0.25) is 10.0 Å². The fourth-order valence-electron chi connectivity index (χ4n) is 1.03. The lowest BCUT2D eigenvalue weighted by Gasteiger charge is -2.15. The maximum absolute atomic E-state index is 9.66. The van der Waals surface area contributed by atoms with Crippen molar-refractivity contribution in [3.8, 4) is 0 Å². The Balaban J connectivity index is 2.85. The summed E-state index contributed by atoms with van der Waals surface area (Å²) in [5.41, 5.74) is 0.706. The van der Waals surface area contributed by atoms with Gasteiger partial charge in [-0.05, 0) is 23.6 Å². The first kappa shape index (κ1) is 11.8. The molecule has 0 saturated heterocycles. The van der Waals surface area contributed by atoms with Crippen LogP contribution in [-0.4, -0.2) is 11.2 Å². The maximum atomic E-state index is 9.66. The highest BCUT2D eigenvalue weighted by atomic mass is 35.5. The average Bonchev–Trinajstić information content (AvgIpc) is 2.11. The van der Waals surface area contributed by atoms with Crippen LogP contribution in [0.4, 0.5) is 0 Å². The Hall–Kier alpha value is -0.240. The third-order valence-corrected chi connectivity index (χ3v) is 2.68. The van der Waals surface area contributed by atoms with Crippen molar-refractivity contribution in [1.82, 2.24) is 0 Å². The van der Waals surface area contributed by atoms with Crippen LogP contribution >= 0.6 is 23.2 Å². The van der Waals surface area contributed by atoms with Crippen molar-refractivity contribution in [2.24, 2.45) is 5.92 Å². The molecule has 0 amide bonds. The largest absolute Gasteiger partial charge is 0.392 e. The lowest BCUT2D eigenvalue weighted by Crippen LogP contribution is -2.15. The third-order valence-electron chi connectivity index (χ3n) is 2.02. The van der Waals surface area contributed by atoms with Gasteiger partial charge in [-0.2, -0.15) is 0 Å². The summed E-state index contributed by atoms with van der Waals surface area (Å²) in [6, 6.07) is 5.29. The van der Waals surface area contributed by atoms with Crippen LogP contribution in [0.3, 0.4) is 0 Å². The van der Waals surface area contributed by atoms with E-state index in [-0.39, 0.29) is 5.92 Å². The number of rotatable bonds is 3. The number of hydrogen-bond donors (Lipinski definition) is 1. The van der Waals surface area contributed by atoms with Crippen molar-refractivity contribution in [3.63, 3.8) is 0 Å². The monoisotopic (exact) mass is 231 g/mol. The molecule has 0 bridgehead atoms. The van der Waals surface area contributed by atoms with Crippen molar-refractivity contribution < 1.29 is 5.11 Å². The van der Waals surface area contributed by atoms with Crippen molar-refractivity contribution in [2.75, 3.05) is 0 Å². The SMILES string of the molecule is CC(C)C(O)[CH]c1c(Cl)cccc1Cl. The Morgan fingerprint density at radius 2 is 1.71 bits per heavy atom. The molecule has 1 N–H and O–H groups in total. The van der Waals surface area contributed by atoms with Crippen LogP contribution in [-0.2, 0) is 0 Å². The molecular weight excluding hydrogens is 219 g/mol. The fourth-order valence-corrected chi connectivity index (χ4v) is 1.56. The molecule has 1 aromatic rings. The van der Waals surface area contributed by atoms with Gasteiger partial charge in [0, 0.05) is 16.5 Å². The van der Waals surface area contributed by atoms with Gasteiger partial charge in [-0.1, -0.05) is 43.1 Å². The number of aliphatic hydroxyl groups is 1. The van der Waals surface area contributed by atoms with E-state index < -0.39 is 6.10 Å². The van der Waals surface area contributed by atoms with Crippen molar-refractivity contribution in [3.05, 3.63) is 40.2 Å². The van der Waals surface area contributed by atoms with Crippen LogP contribution < -0.4 is 0 Å². The highest BCUT2D eigenvalue weighted by molar-refractivity contribution is 6.36. The van der Waals surface area contributed by atoms with E-state index in [0.717, 1.165) is 0 Å². The molecule has 14 heavy (non-hydrogen) atoms. The molecule has 3 heteroatoms. The lowest BCUT2D eigenvalue weighted by molar-refractivity contribution is 0.159. The van der Waals surface area contributed by atoms with Gasteiger partial charge < -0.3 is 5.11 Å². The number of halogens is 2. The van der Waals surface area contributed by atoms with Gasteiger partial charge >= 0.3 is 0 Å². The highest BCUT2D eigenvalue weighted by Crippen LogP contribution is 2.27. The number of aliphatic hydroxyl groups excluding tert-OH is 1. The summed E-state index contributed by atoms with van der Waals surface area (Å²) in [5.74, 6) is 0.155. The molecule has 1 rings (SSSR count). The smallest absolute Gasteiger partial charge is 0.0639 e. The van der Waals surface area contributed by atoms with Gasteiger partial charge in [0.25, 0.3) is 0 Å². The molecule has 0 aliphatic carbocycles. The minimum Gasteiger partial charge on any atom is -0.392 e. The first-order chi connectivity index (χ1) is 6.52. The summed E-state index contributed by atoms with van der Waals surface area (Å²) >= 11 is 11.9. The molecule has 0 saturated carbocycles. The van der Waals surface area contributed by atoms with Gasteiger partial charge in [0.05, 0.1) is 6.10 Å². The van der Waals surface area contributed by atoms with E-state index in [2.05, 4.69) is 0 Å². The Bertz CT molecular complexity index is 290. The van der Waals surface area contributed by atoms with Crippen molar-refractivity contribution >= 4 is 23.2 Å². The molecule has 1 nitrogen and oxygen atoms in total. The quantitative estimate of drug-likeness (QED) is 0.844. The molecule has 0 aliphatic rings. The lowest BCUT2D eigenvalue weighted by atomic mass is 9.99. The topological polar surface area (TPSA) is 20.2 Å². The van der Waals surface area contributed by atoms with Crippen LogP contribution in [0.15, 0.2) is 18.2 Å². The van der Waals surface area contributed by atoms with Crippen LogP contribution in [0.5, 0.6) is 0 Å². The molecule has 0 fully saturated rings. The second-order valence-corrected chi connectivity index (χ2v) is 4.35. The predicted molar refractivity (Wildman–Crippen MR) is 60.7 cm³/mol. The number of hydrogen-bond acceptors (Lipinski definition) is 1. The molecule has 0 spiro atoms. The molecule has 77 valence electrons. The predicted octanol–water partition coefficient (Wildman–Crippen LogP) is 3.56. The average molecular weight is 232 g/mol. The van der Waals surface area contributed by atoms with E-state index in [4.69, 9.17) is 23.2 Å². The van der Waals surface area contributed by atoms with Crippen LogP contribution in [0.25, 0.3) is 0 Å². The van der Waals surface area contributed by atoms with E-state index >= 15 is 0 Å². The Morgan fingerprint density at radius 1 is 1.21 bits per heavy atom. The van der Waals surface area contributed by atoms with Gasteiger partial charge in [0.1, 0.15) is 0 Å². The van der Waals surface area contributed by atoms with E-state index in [1.54, 1.807) is 24.6 Å². The summed E-state index contributed by atoms with van der Waals surface area (Å²) in [6.07, 6.45) is 1.17. The molecule has 1 atom stereocenters. The standard InChI is InChI=1S/C11H13Cl2O/c1-7(2)11(14)6-8-9(12)4-3-5-10(8)13/h3-7,11,14H,1-2H3. The molecule has 1 radical (unpaired) electrons. The second-order valence-electron chi connectivity index (χ2n) is 3.54. The minimum atomic E-state index is -0.521. The summed E-state index contributed by atoms with van der Waals surface area (Å²) in [4.78, 5) is 0. The van der Waals surface area contributed by atoms with Gasteiger partial charge in [-0.3, -0.25) is 0 Å². The van der Waals surface area contributed by atoms with E-state index in [1.807, 2.05) is 13.8 Å². The molecule has 0 aliphatic heterocycles. The first-order valence-electron chi connectivity index (χ1n) is 4.49. The molecule has 1 aromatic carbocycles. The molecular formula is C11H13Cl2O. The third kappa shape index (κ3) is 2.88. The zero-order chi connectivity index (χ0) is 10.7.